The lowest BCUT2D eigenvalue weighted by Gasteiger charge is -2.47. The maximum Gasteiger partial charge on any atom is 0.274 e. The Kier molecular flexibility index (Phi) is 6.16. The summed E-state index contributed by atoms with van der Waals surface area (Å²) in [5.41, 5.74) is 2.60. The molecule has 4 rings (SSSR count). The second kappa shape index (κ2) is 8.79. The highest BCUT2D eigenvalue weighted by Crippen LogP contribution is 2.28. The highest BCUT2D eigenvalue weighted by Gasteiger charge is 2.40. The van der Waals surface area contributed by atoms with Crippen LogP contribution in [0.1, 0.15) is 56.6 Å². The van der Waals surface area contributed by atoms with E-state index in [2.05, 4.69) is 10.1 Å². The van der Waals surface area contributed by atoms with E-state index in [1.165, 1.54) is 19.1 Å². The second-order valence-corrected chi connectivity index (χ2v) is 9.75. The summed E-state index contributed by atoms with van der Waals surface area (Å²) in [7, 11) is 0. The van der Waals surface area contributed by atoms with Gasteiger partial charge in [-0.05, 0) is 57.0 Å². The smallest absolute Gasteiger partial charge is 0.274 e. The number of nitrogens with zero attached hydrogens (tertiary/aromatic N) is 5. The zero-order valence-electron chi connectivity index (χ0n) is 20.1. The third kappa shape index (κ3) is 4.40. The van der Waals surface area contributed by atoms with Crippen LogP contribution in [0.3, 0.4) is 0 Å². The largest absolute Gasteiger partial charge is 0.384 e. The molecule has 3 heterocycles. The van der Waals surface area contributed by atoms with Gasteiger partial charge in [-0.2, -0.15) is 5.10 Å². The van der Waals surface area contributed by atoms with Crippen LogP contribution in [0.4, 0.5) is 4.39 Å². The molecule has 1 aromatic carbocycles. The summed E-state index contributed by atoms with van der Waals surface area (Å²) in [6, 6.07) is 8.06. The number of aliphatic hydroxyl groups is 1. The summed E-state index contributed by atoms with van der Waals surface area (Å²) in [5.74, 6) is -0.770. The van der Waals surface area contributed by atoms with Crippen molar-refractivity contribution < 1.29 is 19.1 Å². The standard InChI is InChI=1S/C25H30FN5O3/c1-15(2)19-12-20(17-6-8-18(26)9-7-17)28-31-13-21(27-22(19)31)24(34)30-11-10-29(14-25(30,4)5)23(33)16(3)32/h6-9,12-13,15-16,32H,10-11,14H2,1-5H3. The molecule has 1 aliphatic rings. The Labute approximate surface area is 198 Å². The predicted octanol–water partition coefficient (Wildman–Crippen LogP) is 3.10. The molecule has 2 aromatic heterocycles. The Hall–Kier alpha value is -3.33. The second-order valence-electron chi connectivity index (χ2n) is 9.75. The molecule has 1 fully saturated rings. The van der Waals surface area contributed by atoms with Crippen molar-refractivity contribution in [2.75, 3.05) is 19.6 Å². The van der Waals surface area contributed by atoms with E-state index in [0.29, 0.717) is 31.0 Å². The number of fused-ring (bicyclic) bond motifs is 1. The molecule has 1 atom stereocenters. The van der Waals surface area contributed by atoms with Gasteiger partial charge in [0.05, 0.1) is 17.4 Å². The van der Waals surface area contributed by atoms with Crippen molar-refractivity contribution in [3.8, 4) is 11.3 Å². The predicted molar refractivity (Wildman–Crippen MR) is 126 cm³/mol. The Morgan fingerprint density at radius 3 is 2.38 bits per heavy atom. The van der Waals surface area contributed by atoms with Crippen molar-refractivity contribution in [3.63, 3.8) is 0 Å². The first-order chi connectivity index (χ1) is 16.0. The van der Waals surface area contributed by atoms with Gasteiger partial charge in [-0.1, -0.05) is 13.8 Å². The van der Waals surface area contributed by atoms with E-state index >= 15 is 0 Å². The first-order valence-electron chi connectivity index (χ1n) is 11.4. The van der Waals surface area contributed by atoms with Gasteiger partial charge in [0.1, 0.15) is 17.6 Å². The molecule has 9 heteroatoms. The van der Waals surface area contributed by atoms with Crippen LogP contribution in [0.5, 0.6) is 0 Å². The molecule has 8 nitrogen and oxygen atoms in total. The van der Waals surface area contributed by atoms with Gasteiger partial charge in [0.15, 0.2) is 5.65 Å². The third-order valence-corrected chi connectivity index (χ3v) is 6.25. The van der Waals surface area contributed by atoms with Crippen molar-refractivity contribution in [1.82, 2.24) is 24.4 Å². The van der Waals surface area contributed by atoms with Crippen molar-refractivity contribution in [1.29, 1.82) is 0 Å². The monoisotopic (exact) mass is 467 g/mol. The number of carbonyl (C=O) groups is 2. The fraction of sp³-hybridized carbons (Fsp3) is 0.440. The van der Waals surface area contributed by atoms with Gasteiger partial charge in [-0.15, -0.1) is 0 Å². The Morgan fingerprint density at radius 2 is 1.79 bits per heavy atom. The lowest BCUT2D eigenvalue weighted by Crippen LogP contribution is -2.63. The fourth-order valence-corrected chi connectivity index (χ4v) is 4.41. The molecule has 3 aromatic rings. The SMILES string of the molecule is CC(O)C(=O)N1CCN(C(=O)c2cn3nc(-c4ccc(F)cc4)cc(C(C)C)c3n2)C(C)(C)C1. The van der Waals surface area contributed by atoms with Crippen LogP contribution >= 0.6 is 0 Å². The van der Waals surface area contributed by atoms with E-state index < -0.39 is 11.6 Å². The van der Waals surface area contributed by atoms with Gasteiger partial charge in [-0.3, -0.25) is 9.59 Å². The molecule has 0 aliphatic carbocycles. The number of carbonyl (C=O) groups excluding carboxylic acids is 2. The molecule has 1 aliphatic heterocycles. The fourth-order valence-electron chi connectivity index (χ4n) is 4.41. The van der Waals surface area contributed by atoms with Crippen LogP contribution in [0.15, 0.2) is 36.5 Å². The third-order valence-electron chi connectivity index (χ3n) is 6.25. The molecular formula is C25H30FN5O3. The summed E-state index contributed by atoms with van der Waals surface area (Å²) < 4.78 is 15.0. The quantitative estimate of drug-likeness (QED) is 0.637. The number of amides is 2. The minimum Gasteiger partial charge on any atom is -0.384 e. The number of aromatic nitrogens is 3. The lowest BCUT2D eigenvalue weighted by molar-refractivity contribution is -0.143. The number of aliphatic hydroxyl groups excluding tert-OH is 1. The molecule has 0 radical (unpaired) electrons. The van der Waals surface area contributed by atoms with Crippen LogP contribution in [0, 0.1) is 5.82 Å². The van der Waals surface area contributed by atoms with Gasteiger partial charge >= 0.3 is 0 Å². The van der Waals surface area contributed by atoms with Crippen LogP contribution in [0.2, 0.25) is 0 Å². The average molecular weight is 468 g/mol. The molecule has 2 amide bonds. The summed E-state index contributed by atoms with van der Waals surface area (Å²) in [5, 5.41) is 14.3. The molecule has 34 heavy (non-hydrogen) atoms. The van der Waals surface area contributed by atoms with Gasteiger partial charge in [0, 0.05) is 30.8 Å². The molecule has 0 bridgehead atoms. The van der Waals surface area contributed by atoms with Gasteiger partial charge < -0.3 is 14.9 Å². The molecule has 0 saturated carbocycles. The highest BCUT2D eigenvalue weighted by atomic mass is 19.1. The zero-order valence-corrected chi connectivity index (χ0v) is 20.1. The van der Waals surface area contributed by atoms with Crippen LogP contribution in [0.25, 0.3) is 16.9 Å². The van der Waals surface area contributed by atoms with Crippen LogP contribution in [-0.2, 0) is 4.79 Å². The van der Waals surface area contributed by atoms with Gasteiger partial charge in [0.25, 0.3) is 11.8 Å². The summed E-state index contributed by atoms with van der Waals surface area (Å²) in [6.07, 6.45) is 0.548. The van der Waals surface area contributed by atoms with E-state index in [1.54, 1.807) is 32.6 Å². The van der Waals surface area contributed by atoms with Crippen molar-refractivity contribution >= 4 is 17.5 Å². The Balaban J connectivity index is 1.68. The summed E-state index contributed by atoms with van der Waals surface area (Å²) in [4.78, 5) is 33.7. The number of benzene rings is 1. The molecule has 1 unspecified atom stereocenters. The molecular weight excluding hydrogens is 437 g/mol. The number of piperazine rings is 1. The van der Waals surface area contributed by atoms with Crippen molar-refractivity contribution in [2.24, 2.45) is 0 Å². The maximum atomic E-state index is 13.5. The first kappa shape index (κ1) is 23.8. The van der Waals surface area contributed by atoms with E-state index in [4.69, 9.17) is 0 Å². The van der Waals surface area contributed by atoms with Crippen molar-refractivity contribution in [3.05, 3.63) is 53.6 Å². The van der Waals surface area contributed by atoms with Gasteiger partial charge in [-0.25, -0.2) is 13.9 Å². The molecule has 0 spiro atoms. The topological polar surface area (TPSA) is 91.0 Å². The lowest BCUT2D eigenvalue weighted by atomic mass is 9.97. The first-order valence-corrected chi connectivity index (χ1v) is 11.4. The van der Waals surface area contributed by atoms with Crippen LogP contribution in [-0.4, -0.2) is 72.6 Å². The maximum absolute atomic E-state index is 13.5. The number of imidazole rings is 1. The van der Waals surface area contributed by atoms with E-state index in [0.717, 1.165) is 11.1 Å². The molecule has 1 N–H and O–H groups in total. The minimum atomic E-state index is -1.08. The normalized spacial score (nSPS) is 16.8. The van der Waals surface area contributed by atoms with Crippen molar-refractivity contribution in [2.45, 2.75) is 52.2 Å². The van der Waals surface area contributed by atoms with Gasteiger partial charge in [0.2, 0.25) is 0 Å². The minimum absolute atomic E-state index is 0.126. The number of hydrogen-bond acceptors (Lipinski definition) is 5. The van der Waals surface area contributed by atoms with Crippen LogP contribution < -0.4 is 0 Å². The molecule has 180 valence electrons. The number of hydrogen-bond donors (Lipinski definition) is 1. The number of halogens is 1. The Bertz CT molecular complexity index is 1230. The Morgan fingerprint density at radius 1 is 1.12 bits per heavy atom. The van der Waals surface area contributed by atoms with E-state index in [-0.39, 0.29) is 29.2 Å². The summed E-state index contributed by atoms with van der Waals surface area (Å²) in [6.45, 7) is 10.3. The van der Waals surface area contributed by atoms with E-state index in [1.807, 2.05) is 33.8 Å². The highest BCUT2D eigenvalue weighted by molar-refractivity contribution is 5.94. The summed E-state index contributed by atoms with van der Waals surface area (Å²) >= 11 is 0. The zero-order chi connectivity index (χ0) is 24.8. The average Bonchev–Trinajstić information content (AvgIpc) is 3.21. The molecule has 1 saturated heterocycles. The number of rotatable bonds is 4. The van der Waals surface area contributed by atoms with E-state index in [9.17, 15) is 19.1 Å².